The molecule has 1 N–H and O–H groups in total. The van der Waals surface area contributed by atoms with E-state index in [1.54, 1.807) is 18.3 Å². The number of benzene rings is 1. The highest BCUT2D eigenvalue weighted by atomic mass is 15.0. The summed E-state index contributed by atoms with van der Waals surface area (Å²) in [6.07, 6.45) is 3.67. The largest absolute Gasteiger partial charge is 0.365 e. The van der Waals surface area contributed by atoms with Gasteiger partial charge >= 0.3 is 0 Å². The van der Waals surface area contributed by atoms with Crippen molar-refractivity contribution >= 4 is 5.82 Å². The Labute approximate surface area is 120 Å². The van der Waals surface area contributed by atoms with E-state index in [0.29, 0.717) is 5.56 Å². The zero-order valence-corrected chi connectivity index (χ0v) is 11.9. The number of hydrogen-bond acceptors (Lipinski definition) is 3. The third kappa shape index (κ3) is 4.10. The molecule has 3 heteroatoms. The molecule has 1 aromatic carbocycles. The number of pyridine rings is 1. The Morgan fingerprint density at radius 3 is 2.65 bits per heavy atom. The number of nitrogens with one attached hydrogen (secondary N) is 1. The second-order valence-electron chi connectivity index (χ2n) is 5.54. The van der Waals surface area contributed by atoms with E-state index in [2.05, 4.69) is 54.5 Å². The topological polar surface area (TPSA) is 48.7 Å². The molecule has 0 radical (unpaired) electrons. The number of anilines is 1. The monoisotopic (exact) mass is 265 g/mol. The van der Waals surface area contributed by atoms with Gasteiger partial charge in [0.15, 0.2) is 0 Å². The minimum Gasteiger partial charge on any atom is -0.365 e. The van der Waals surface area contributed by atoms with E-state index in [4.69, 9.17) is 5.26 Å². The molecule has 3 nitrogen and oxygen atoms in total. The number of nitrogens with zero attached hydrogens (tertiary/aromatic N) is 2. The van der Waals surface area contributed by atoms with Crippen LogP contribution in [0.1, 0.15) is 31.4 Å². The summed E-state index contributed by atoms with van der Waals surface area (Å²) in [5.41, 5.74) is 1.89. The average molecular weight is 265 g/mol. The molecule has 2 rings (SSSR count). The Kier molecular flexibility index (Phi) is 4.37. The van der Waals surface area contributed by atoms with Crippen molar-refractivity contribution in [1.29, 1.82) is 5.26 Å². The molecule has 0 amide bonds. The summed E-state index contributed by atoms with van der Waals surface area (Å²) in [7, 11) is 0. The van der Waals surface area contributed by atoms with Gasteiger partial charge < -0.3 is 5.32 Å². The molecule has 0 unspecified atom stereocenters. The molecule has 1 aromatic heterocycles. The summed E-state index contributed by atoms with van der Waals surface area (Å²) >= 11 is 0. The molecule has 1 heterocycles. The van der Waals surface area contributed by atoms with Gasteiger partial charge in [0.1, 0.15) is 5.82 Å². The second kappa shape index (κ2) is 6.21. The number of hydrogen-bond donors (Lipinski definition) is 1. The van der Waals surface area contributed by atoms with Gasteiger partial charge in [-0.15, -0.1) is 0 Å². The summed E-state index contributed by atoms with van der Waals surface area (Å²) in [5.74, 6) is 0.752. The molecule has 0 atom stereocenters. The van der Waals surface area contributed by atoms with Gasteiger partial charge in [-0.3, -0.25) is 0 Å². The van der Waals surface area contributed by atoms with Crippen molar-refractivity contribution in [1.82, 2.24) is 4.98 Å². The Hall–Kier alpha value is -2.34. The van der Waals surface area contributed by atoms with Crippen LogP contribution < -0.4 is 5.32 Å². The molecule has 0 aliphatic heterocycles. The summed E-state index contributed by atoms with van der Waals surface area (Å²) in [5, 5.41) is 12.3. The standard InChI is InChI=1S/C17H19N3/c1-17(2,10-8-14-6-4-3-5-7-14)20-16-12-15(13-18)9-11-19-16/h3-7,9,11-12H,8,10H2,1-2H3,(H,19,20). The van der Waals surface area contributed by atoms with Crippen molar-refractivity contribution in [3.05, 3.63) is 59.8 Å². The van der Waals surface area contributed by atoms with Crippen molar-refractivity contribution < 1.29 is 0 Å². The van der Waals surface area contributed by atoms with Crippen molar-refractivity contribution in [2.75, 3.05) is 5.32 Å². The van der Waals surface area contributed by atoms with E-state index in [-0.39, 0.29) is 5.54 Å². The van der Waals surface area contributed by atoms with Gasteiger partial charge in [0, 0.05) is 11.7 Å². The smallest absolute Gasteiger partial charge is 0.127 e. The van der Waals surface area contributed by atoms with Gasteiger partial charge in [0.05, 0.1) is 11.6 Å². The summed E-state index contributed by atoms with van der Waals surface area (Å²) in [6.45, 7) is 4.30. The van der Waals surface area contributed by atoms with Crippen LogP contribution in [0.5, 0.6) is 0 Å². The highest BCUT2D eigenvalue weighted by molar-refractivity contribution is 5.44. The van der Waals surface area contributed by atoms with Crippen LogP contribution >= 0.6 is 0 Å². The van der Waals surface area contributed by atoms with Gasteiger partial charge in [-0.2, -0.15) is 5.26 Å². The van der Waals surface area contributed by atoms with E-state index in [1.165, 1.54) is 5.56 Å². The highest BCUT2D eigenvalue weighted by Crippen LogP contribution is 2.19. The molecule has 0 spiro atoms. The minimum absolute atomic E-state index is 0.0725. The summed E-state index contributed by atoms with van der Waals surface area (Å²) < 4.78 is 0. The van der Waals surface area contributed by atoms with E-state index in [9.17, 15) is 0 Å². The molecule has 0 saturated heterocycles. The fourth-order valence-corrected chi connectivity index (χ4v) is 2.08. The Bertz CT molecular complexity index is 597. The minimum atomic E-state index is -0.0725. The molecule has 0 bridgehead atoms. The van der Waals surface area contributed by atoms with Crippen LogP contribution in [-0.2, 0) is 6.42 Å². The zero-order valence-electron chi connectivity index (χ0n) is 11.9. The third-order valence-corrected chi connectivity index (χ3v) is 3.24. The Morgan fingerprint density at radius 1 is 1.20 bits per heavy atom. The maximum absolute atomic E-state index is 8.91. The van der Waals surface area contributed by atoms with Crippen LogP contribution in [0.25, 0.3) is 0 Å². The third-order valence-electron chi connectivity index (χ3n) is 3.24. The fourth-order valence-electron chi connectivity index (χ4n) is 2.08. The normalized spacial score (nSPS) is 10.8. The van der Waals surface area contributed by atoms with Crippen molar-refractivity contribution in [2.24, 2.45) is 0 Å². The van der Waals surface area contributed by atoms with Crippen LogP contribution in [-0.4, -0.2) is 10.5 Å². The SMILES string of the molecule is CC(C)(CCc1ccccc1)Nc1cc(C#N)ccn1. The van der Waals surface area contributed by atoms with Crippen LogP contribution in [0.15, 0.2) is 48.7 Å². The van der Waals surface area contributed by atoms with Crippen LogP contribution in [0, 0.1) is 11.3 Å². The second-order valence-corrected chi connectivity index (χ2v) is 5.54. The first kappa shape index (κ1) is 14.1. The van der Waals surface area contributed by atoms with Gasteiger partial charge in [-0.1, -0.05) is 30.3 Å². The first-order valence-electron chi connectivity index (χ1n) is 6.77. The van der Waals surface area contributed by atoms with Gasteiger partial charge in [0.25, 0.3) is 0 Å². The Morgan fingerprint density at radius 2 is 1.95 bits per heavy atom. The highest BCUT2D eigenvalue weighted by Gasteiger charge is 2.17. The number of aryl methyl sites for hydroxylation is 1. The van der Waals surface area contributed by atoms with Crippen molar-refractivity contribution in [2.45, 2.75) is 32.2 Å². The van der Waals surface area contributed by atoms with Gasteiger partial charge in [0.2, 0.25) is 0 Å². The molecule has 0 fully saturated rings. The van der Waals surface area contributed by atoms with E-state index < -0.39 is 0 Å². The lowest BCUT2D eigenvalue weighted by molar-refractivity contribution is 0.516. The maximum Gasteiger partial charge on any atom is 0.127 e. The lowest BCUT2D eigenvalue weighted by Gasteiger charge is -2.27. The number of nitriles is 1. The van der Waals surface area contributed by atoms with Crippen LogP contribution in [0.2, 0.25) is 0 Å². The van der Waals surface area contributed by atoms with Crippen LogP contribution in [0.3, 0.4) is 0 Å². The number of rotatable bonds is 5. The Balaban J connectivity index is 1.98. The molecular weight excluding hydrogens is 246 g/mol. The molecule has 20 heavy (non-hydrogen) atoms. The molecule has 0 aliphatic rings. The molecule has 0 aliphatic carbocycles. The molecular formula is C17H19N3. The van der Waals surface area contributed by atoms with Crippen molar-refractivity contribution in [3.8, 4) is 6.07 Å². The predicted octanol–water partition coefficient (Wildman–Crippen LogP) is 3.78. The van der Waals surface area contributed by atoms with E-state index in [0.717, 1.165) is 18.7 Å². The fraction of sp³-hybridized carbons (Fsp3) is 0.294. The van der Waals surface area contributed by atoms with E-state index in [1.807, 2.05) is 6.07 Å². The maximum atomic E-state index is 8.91. The lowest BCUT2D eigenvalue weighted by atomic mass is 9.95. The summed E-state index contributed by atoms with van der Waals surface area (Å²) in [4.78, 5) is 4.27. The van der Waals surface area contributed by atoms with Crippen LogP contribution in [0.4, 0.5) is 5.82 Å². The molecule has 102 valence electrons. The van der Waals surface area contributed by atoms with Crippen molar-refractivity contribution in [3.63, 3.8) is 0 Å². The number of aromatic nitrogens is 1. The van der Waals surface area contributed by atoms with Gasteiger partial charge in [-0.05, 0) is 44.4 Å². The average Bonchev–Trinajstić information content (AvgIpc) is 2.46. The molecule has 2 aromatic rings. The molecule has 0 saturated carbocycles. The zero-order chi connectivity index (χ0) is 14.4. The predicted molar refractivity (Wildman–Crippen MR) is 81.4 cm³/mol. The van der Waals surface area contributed by atoms with E-state index >= 15 is 0 Å². The summed E-state index contributed by atoms with van der Waals surface area (Å²) in [6, 6.07) is 16.1. The first-order chi connectivity index (χ1) is 9.59. The first-order valence-corrected chi connectivity index (χ1v) is 6.77. The lowest BCUT2D eigenvalue weighted by Crippen LogP contribution is -2.31. The quantitative estimate of drug-likeness (QED) is 0.895. The van der Waals surface area contributed by atoms with Gasteiger partial charge in [-0.25, -0.2) is 4.98 Å².